The summed E-state index contributed by atoms with van der Waals surface area (Å²) in [5.74, 6) is 0.828. The maximum Gasteiger partial charge on any atom is 0.161 e. The van der Waals surface area contributed by atoms with Crippen LogP contribution < -0.4 is 10.1 Å². The molecular formula is C14H20BrN3OS. The molecule has 2 heterocycles. The van der Waals surface area contributed by atoms with Crippen molar-refractivity contribution in [2.75, 3.05) is 13.7 Å². The molecule has 0 aliphatic rings. The Morgan fingerprint density at radius 3 is 2.75 bits per heavy atom. The Kier molecular flexibility index (Phi) is 5.23. The van der Waals surface area contributed by atoms with Crippen LogP contribution in [0.4, 0.5) is 0 Å². The highest BCUT2D eigenvalue weighted by Gasteiger charge is 2.25. The van der Waals surface area contributed by atoms with Crippen LogP contribution in [0, 0.1) is 0 Å². The molecule has 0 spiro atoms. The lowest BCUT2D eigenvalue weighted by Crippen LogP contribution is -2.25. The number of ether oxygens (including phenoxy) is 1. The quantitative estimate of drug-likeness (QED) is 0.849. The van der Waals surface area contributed by atoms with E-state index >= 15 is 0 Å². The van der Waals surface area contributed by atoms with E-state index in [2.05, 4.69) is 58.6 Å². The number of nitrogens with zero attached hydrogens (tertiary/aromatic N) is 2. The summed E-state index contributed by atoms with van der Waals surface area (Å²) in [6.07, 6.45) is 1.79. The summed E-state index contributed by atoms with van der Waals surface area (Å²) >= 11 is 5.26. The van der Waals surface area contributed by atoms with Gasteiger partial charge in [0.2, 0.25) is 0 Å². The van der Waals surface area contributed by atoms with Crippen LogP contribution in [-0.4, -0.2) is 23.4 Å². The Bertz CT molecular complexity index is 565. The van der Waals surface area contributed by atoms with Gasteiger partial charge in [-0.25, -0.2) is 0 Å². The zero-order chi connectivity index (χ0) is 14.7. The number of thiophene rings is 1. The van der Waals surface area contributed by atoms with E-state index in [0.717, 1.165) is 22.5 Å². The molecule has 2 aromatic heterocycles. The number of aromatic nitrogens is 2. The van der Waals surface area contributed by atoms with E-state index in [9.17, 15) is 0 Å². The van der Waals surface area contributed by atoms with E-state index < -0.39 is 0 Å². The number of hydrogen-bond acceptors (Lipinski definition) is 4. The summed E-state index contributed by atoms with van der Waals surface area (Å²) in [4.78, 5) is 1.25. The highest BCUT2D eigenvalue weighted by atomic mass is 79.9. The van der Waals surface area contributed by atoms with Crippen molar-refractivity contribution < 1.29 is 4.74 Å². The van der Waals surface area contributed by atoms with E-state index in [0.29, 0.717) is 6.04 Å². The maximum atomic E-state index is 5.50. The predicted octanol–water partition coefficient (Wildman–Crippen LogP) is 4.00. The summed E-state index contributed by atoms with van der Waals surface area (Å²) in [7, 11) is 1.69. The van der Waals surface area contributed by atoms with Crippen molar-refractivity contribution in [1.82, 2.24) is 15.1 Å². The summed E-state index contributed by atoms with van der Waals surface area (Å²) in [6, 6.07) is 2.53. The van der Waals surface area contributed by atoms with Crippen LogP contribution in [0.15, 0.2) is 22.1 Å². The molecule has 4 nitrogen and oxygen atoms in total. The first-order valence-corrected chi connectivity index (χ1v) is 8.34. The Labute approximate surface area is 132 Å². The van der Waals surface area contributed by atoms with Gasteiger partial charge in [-0.1, -0.05) is 6.92 Å². The maximum absolute atomic E-state index is 5.50. The minimum absolute atomic E-state index is 0.0937. The highest BCUT2D eigenvalue weighted by molar-refractivity contribution is 9.10. The van der Waals surface area contributed by atoms with Gasteiger partial charge >= 0.3 is 0 Å². The smallest absolute Gasteiger partial charge is 0.161 e. The summed E-state index contributed by atoms with van der Waals surface area (Å²) in [6.45, 7) is 7.25. The highest BCUT2D eigenvalue weighted by Crippen LogP contribution is 2.35. The largest absolute Gasteiger partial charge is 0.493 e. The van der Waals surface area contributed by atoms with Crippen LogP contribution in [0.1, 0.15) is 43.4 Å². The molecule has 0 aromatic carbocycles. The van der Waals surface area contributed by atoms with E-state index in [1.165, 1.54) is 4.88 Å². The molecule has 1 unspecified atom stereocenters. The first kappa shape index (κ1) is 15.5. The molecule has 20 heavy (non-hydrogen) atoms. The third kappa shape index (κ3) is 3.07. The molecule has 0 amide bonds. The van der Waals surface area contributed by atoms with E-state index in [1.54, 1.807) is 24.6 Å². The van der Waals surface area contributed by atoms with Gasteiger partial charge in [0, 0.05) is 20.8 Å². The average molecular weight is 358 g/mol. The standard InChI is InChI=1S/C14H20BrN3OS/c1-5-16-13(12-6-10(15)8-20-12)14-11(19-4)7-17-18(14)9(2)3/h6-9,13,16H,5H2,1-4H3. The van der Waals surface area contributed by atoms with Crippen molar-refractivity contribution in [2.45, 2.75) is 32.9 Å². The Balaban J connectivity index is 2.50. The van der Waals surface area contributed by atoms with Gasteiger partial charge in [0.1, 0.15) is 5.69 Å². The zero-order valence-electron chi connectivity index (χ0n) is 12.2. The van der Waals surface area contributed by atoms with Crippen LogP contribution in [-0.2, 0) is 0 Å². The normalized spacial score (nSPS) is 12.9. The number of nitrogens with one attached hydrogen (secondary N) is 1. The summed E-state index contributed by atoms with van der Waals surface area (Å²) in [5.41, 5.74) is 1.08. The topological polar surface area (TPSA) is 39.1 Å². The second-order valence-electron chi connectivity index (χ2n) is 4.79. The van der Waals surface area contributed by atoms with Gasteiger partial charge in [-0.3, -0.25) is 4.68 Å². The second-order valence-corrected chi connectivity index (χ2v) is 6.65. The number of methoxy groups -OCH3 is 1. The molecule has 0 aliphatic heterocycles. The van der Waals surface area contributed by atoms with Gasteiger partial charge in [-0.2, -0.15) is 5.10 Å². The molecule has 0 saturated heterocycles. The van der Waals surface area contributed by atoms with Crippen molar-refractivity contribution in [2.24, 2.45) is 0 Å². The molecule has 1 N–H and O–H groups in total. The fourth-order valence-corrected chi connectivity index (χ4v) is 3.74. The fourth-order valence-electron chi connectivity index (χ4n) is 2.21. The van der Waals surface area contributed by atoms with E-state index in [4.69, 9.17) is 4.74 Å². The van der Waals surface area contributed by atoms with Crippen LogP contribution in [0.25, 0.3) is 0 Å². The molecule has 1 atom stereocenters. The van der Waals surface area contributed by atoms with Crippen molar-refractivity contribution in [3.05, 3.63) is 32.7 Å². The molecular weight excluding hydrogens is 338 g/mol. The Morgan fingerprint density at radius 1 is 1.50 bits per heavy atom. The second kappa shape index (κ2) is 6.74. The van der Waals surface area contributed by atoms with Gasteiger partial charge < -0.3 is 10.1 Å². The fraction of sp³-hybridized carbons (Fsp3) is 0.500. The van der Waals surface area contributed by atoms with Crippen LogP contribution in [0.5, 0.6) is 5.75 Å². The predicted molar refractivity (Wildman–Crippen MR) is 86.7 cm³/mol. The molecule has 0 fully saturated rings. The van der Waals surface area contributed by atoms with Crippen LogP contribution in [0.2, 0.25) is 0 Å². The lowest BCUT2D eigenvalue weighted by Gasteiger charge is -2.21. The molecule has 0 aliphatic carbocycles. The van der Waals surface area contributed by atoms with Crippen molar-refractivity contribution in [3.63, 3.8) is 0 Å². The van der Waals surface area contributed by atoms with E-state index in [-0.39, 0.29) is 6.04 Å². The number of halogens is 1. The molecule has 0 bridgehead atoms. The van der Waals surface area contributed by atoms with Crippen LogP contribution >= 0.6 is 27.3 Å². The molecule has 6 heteroatoms. The molecule has 0 radical (unpaired) electrons. The lowest BCUT2D eigenvalue weighted by atomic mass is 10.1. The van der Waals surface area contributed by atoms with Crippen molar-refractivity contribution in [3.8, 4) is 5.75 Å². The molecule has 110 valence electrons. The Morgan fingerprint density at radius 2 is 2.25 bits per heavy atom. The van der Waals surface area contributed by atoms with Crippen molar-refractivity contribution in [1.29, 1.82) is 0 Å². The average Bonchev–Trinajstić information content (AvgIpc) is 3.01. The number of hydrogen-bond donors (Lipinski definition) is 1. The summed E-state index contributed by atoms with van der Waals surface area (Å²) in [5, 5.41) is 10.1. The third-order valence-electron chi connectivity index (χ3n) is 3.06. The van der Waals surface area contributed by atoms with Gasteiger partial charge in [-0.05, 0) is 42.4 Å². The third-order valence-corrected chi connectivity index (χ3v) is 4.82. The molecule has 2 aromatic rings. The first-order chi connectivity index (χ1) is 9.58. The monoisotopic (exact) mass is 357 g/mol. The Hall–Kier alpha value is -0.850. The van der Waals surface area contributed by atoms with Gasteiger partial charge in [-0.15, -0.1) is 11.3 Å². The van der Waals surface area contributed by atoms with Gasteiger partial charge in [0.05, 0.1) is 19.3 Å². The molecule has 0 saturated carbocycles. The van der Waals surface area contributed by atoms with Gasteiger partial charge in [0.25, 0.3) is 0 Å². The SMILES string of the molecule is CCNC(c1cc(Br)cs1)c1c(OC)cnn1C(C)C. The van der Waals surface area contributed by atoms with Gasteiger partial charge in [0.15, 0.2) is 5.75 Å². The zero-order valence-corrected chi connectivity index (χ0v) is 14.6. The molecule has 2 rings (SSSR count). The minimum Gasteiger partial charge on any atom is -0.493 e. The van der Waals surface area contributed by atoms with Crippen molar-refractivity contribution >= 4 is 27.3 Å². The lowest BCUT2D eigenvalue weighted by molar-refractivity contribution is 0.395. The summed E-state index contributed by atoms with van der Waals surface area (Å²) < 4.78 is 8.64. The van der Waals surface area contributed by atoms with Crippen LogP contribution in [0.3, 0.4) is 0 Å². The van der Waals surface area contributed by atoms with E-state index in [1.807, 2.05) is 4.68 Å². The minimum atomic E-state index is 0.0937. The first-order valence-electron chi connectivity index (χ1n) is 6.67. The number of rotatable bonds is 6.